The average molecular weight is 157 g/mol. The molecule has 0 aromatic carbocycles. The van der Waals surface area contributed by atoms with Gasteiger partial charge in [0.15, 0.2) is 0 Å². The van der Waals surface area contributed by atoms with Gasteiger partial charge in [-0.3, -0.25) is 4.79 Å². The maximum Gasteiger partial charge on any atom is 2.00 e. The molecule has 0 aromatic heterocycles. The van der Waals surface area contributed by atoms with Crippen LogP contribution in [0.5, 0.6) is 0 Å². The van der Waals surface area contributed by atoms with Crippen LogP contribution in [0.1, 0.15) is 23.1 Å². The fraction of sp³-hybridized carbons (Fsp3) is 0.833. The summed E-state index contributed by atoms with van der Waals surface area (Å²) in [7, 11) is 0. The van der Waals surface area contributed by atoms with E-state index in [1.807, 2.05) is 13.8 Å². The van der Waals surface area contributed by atoms with Crippen LogP contribution in [0.4, 0.5) is 0 Å². The molecule has 0 heterocycles. The molecule has 58 valence electrons. The predicted octanol–water partition coefficient (Wildman–Crippen LogP) is 0.289. The molecule has 0 aromatic rings. The quantitative estimate of drug-likeness (QED) is 0.579. The van der Waals surface area contributed by atoms with Crippen LogP contribution in [-0.4, -0.2) is 40.2 Å². The Morgan fingerprint density at radius 2 is 2.10 bits per heavy atom. The Kier molecular flexibility index (Phi) is 7.63. The smallest absolute Gasteiger partial charge is 1.00 e. The van der Waals surface area contributed by atoms with Crippen LogP contribution >= 0.6 is 0 Å². The van der Waals surface area contributed by atoms with Crippen molar-refractivity contribution in [2.75, 3.05) is 0 Å². The van der Waals surface area contributed by atoms with Gasteiger partial charge in [-0.15, -0.1) is 0 Å². The molecule has 0 spiro atoms. The average Bonchev–Trinajstić information content (AvgIpc) is 1.63. The topological polar surface area (TPSA) is 63.3 Å². The van der Waals surface area contributed by atoms with E-state index in [0.29, 0.717) is 12.3 Å². The summed E-state index contributed by atoms with van der Waals surface area (Å²) in [4.78, 5) is 10.1. The first-order chi connectivity index (χ1) is 4.04. The number of carboxylic acid groups (broad SMARTS) is 1. The van der Waals surface area contributed by atoms with E-state index in [1.165, 1.54) is 0 Å². The maximum atomic E-state index is 10.1. The zero-order chi connectivity index (χ0) is 7.44. The molecule has 1 atom stereocenters. The zero-order valence-corrected chi connectivity index (χ0v) is 7.92. The molecule has 0 amide bonds. The van der Waals surface area contributed by atoms with E-state index in [9.17, 15) is 4.79 Å². The second-order valence-electron chi connectivity index (χ2n) is 2.57. The van der Waals surface area contributed by atoms with Crippen molar-refractivity contribution >= 4 is 29.0 Å². The van der Waals surface area contributed by atoms with E-state index in [4.69, 9.17) is 10.8 Å². The molecular weight excluding hydrogens is 142 g/mol. The van der Waals surface area contributed by atoms with Crippen molar-refractivity contribution in [1.29, 1.82) is 0 Å². The van der Waals surface area contributed by atoms with E-state index < -0.39 is 12.0 Å². The Hall–Kier alpha value is 0.196. The summed E-state index contributed by atoms with van der Waals surface area (Å²) in [6, 6.07) is -0.690. The molecule has 0 rings (SSSR count). The van der Waals surface area contributed by atoms with Gasteiger partial charge < -0.3 is 13.7 Å². The minimum Gasteiger partial charge on any atom is -1.00 e. The van der Waals surface area contributed by atoms with E-state index in [2.05, 4.69) is 0 Å². The van der Waals surface area contributed by atoms with Gasteiger partial charge in [-0.25, -0.2) is 0 Å². The van der Waals surface area contributed by atoms with Gasteiger partial charge in [0.2, 0.25) is 0 Å². The molecule has 0 unspecified atom stereocenters. The summed E-state index contributed by atoms with van der Waals surface area (Å²) < 4.78 is 0. The number of nitrogens with two attached hydrogens (primary N) is 1. The summed E-state index contributed by atoms with van der Waals surface area (Å²) in [6.45, 7) is 3.89. The number of rotatable bonds is 3. The molecule has 3 nitrogen and oxygen atoms in total. The number of carboxylic acids is 1. The van der Waals surface area contributed by atoms with Crippen molar-refractivity contribution in [2.45, 2.75) is 26.3 Å². The summed E-state index contributed by atoms with van der Waals surface area (Å²) in [5, 5.41) is 8.31. The van der Waals surface area contributed by atoms with Crippen LogP contribution in [0.2, 0.25) is 0 Å². The second-order valence-corrected chi connectivity index (χ2v) is 2.57. The van der Waals surface area contributed by atoms with E-state index in [0.717, 1.165) is 0 Å². The summed E-state index contributed by atoms with van der Waals surface area (Å²) >= 11 is 0. The molecule has 0 aliphatic carbocycles. The van der Waals surface area contributed by atoms with E-state index in [-0.39, 0.29) is 25.9 Å². The molecule has 0 saturated heterocycles. The third-order valence-corrected chi connectivity index (χ3v) is 1.04. The first-order valence-electron chi connectivity index (χ1n) is 3.02. The minimum absolute atomic E-state index is 0. The molecule has 0 aliphatic rings. The van der Waals surface area contributed by atoms with E-state index in [1.54, 1.807) is 0 Å². The van der Waals surface area contributed by atoms with Gasteiger partial charge in [0.1, 0.15) is 6.04 Å². The molecule has 0 aliphatic heterocycles. The summed E-state index contributed by atoms with van der Waals surface area (Å²) in [5.74, 6) is -0.556. The molecule has 10 heavy (non-hydrogen) atoms. The van der Waals surface area contributed by atoms with Crippen molar-refractivity contribution in [3.8, 4) is 0 Å². The van der Waals surface area contributed by atoms with Crippen molar-refractivity contribution in [2.24, 2.45) is 11.7 Å². The Balaban J connectivity index is -0.000000107. The standard InChI is InChI=1S/C6H13NO2.Mg.2H/c1-4(2)3-5(7)6(8)9;;;/h4-5H,3,7H2,1-2H3,(H,8,9);;;/q;+2;2*-1/t5-;;;/m0.../s1. The Labute approximate surface area is 80.1 Å². The predicted molar refractivity (Wildman–Crippen MR) is 43.0 cm³/mol. The van der Waals surface area contributed by atoms with Crippen LogP contribution in [-0.2, 0) is 4.79 Å². The molecule has 0 saturated carbocycles. The van der Waals surface area contributed by atoms with Crippen LogP contribution in [0.3, 0.4) is 0 Å². The minimum atomic E-state index is -0.913. The monoisotopic (exact) mass is 157 g/mol. The molecule has 3 N–H and O–H groups in total. The number of carbonyl (C=O) groups is 1. The number of hydrogen-bond donors (Lipinski definition) is 2. The van der Waals surface area contributed by atoms with Crippen LogP contribution in [0.15, 0.2) is 0 Å². The van der Waals surface area contributed by atoms with Gasteiger partial charge in [-0.1, -0.05) is 13.8 Å². The Morgan fingerprint density at radius 3 is 2.20 bits per heavy atom. The molecular formula is C6H15MgNO2. The van der Waals surface area contributed by atoms with Crippen LogP contribution < -0.4 is 5.73 Å². The molecule has 4 heteroatoms. The van der Waals surface area contributed by atoms with Crippen LogP contribution in [0.25, 0.3) is 0 Å². The Bertz CT molecular complexity index is 114. The number of hydrogen-bond acceptors (Lipinski definition) is 2. The van der Waals surface area contributed by atoms with Gasteiger partial charge >= 0.3 is 29.0 Å². The van der Waals surface area contributed by atoms with E-state index >= 15 is 0 Å². The number of aliphatic carboxylic acids is 1. The van der Waals surface area contributed by atoms with Crippen LogP contribution in [0, 0.1) is 5.92 Å². The second kappa shape index (κ2) is 5.94. The fourth-order valence-electron chi connectivity index (χ4n) is 0.609. The molecule has 0 bridgehead atoms. The van der Waals surface area contributed by atoms with Crippen molar-refractivity contribution < 1.29 is 12.8 Å². The third-order valence-electron chi connectivity index (χ3n) is 1.04. The van der Waals surface area contributed by atoms with Gasteiger partial charge in [0, 0.05) is 0 Å². The first kappa shape index (κ1) is 12.8. The first-order valence-corrected chi connectivity index (χ1v) is 3.02. The SMILES string of the molecule is CC(C)C[C@H](N)C(=O)O.[H-].[H-].[Mg+2]. The van der Waals surface area contributed by atoms with Crippen molar-refractivity contribution in [1.82, 2.24) is 0 Å². The largest absolute Gasteiger partial charge is 2.00 e. The Morgan fingerprint density at radius 1 is 1.70 bits per heavy atom. The zero-order valence-electron chi connectivity index (χ0n) is 8.50. The third kappa shape index (κ3) is 6.32. The fourth-order valence-corrected chi connectivity index (χ4v) is 0.609. The van der Waals surface area contributed by atoms with Gasteiger partial charge in [-0.05, 0) is 12.3 Å². The van der Waals surface area contributed by atoms with Gasteiger partial charge in [-0.2, -0.15) is 0 Å². The molecule has 0 radical (unpaired) electrons. The summed E-state index contributed by atoms with van der Waals surface area (Å²) in [5.41, 5.74) is 5.22. The summed E-state index contributed by atoms with van der Waals surface area (Å²) in [6.07, 6.45) is 0.551. The normalized spacial score (nSPS) is 12.4. The molecule has 0 fully saturated rings. The maximum absolute atomic E-state index is 10.1. The van der Waals surface area contributed by atoms with Gasteiger partial charge in [0.25, 0.3) is 0 Å². The van der Waals surface area contributed by atoms with Crippen molar-refractivity contribution in [3.63, 3.8) is 0 Å². The van der Waals surface area contributed by atoms with Crippen molar-refractivity contribution in [3.05, 3.63) is 0 Å². The van der Waals surface area contributed by atoms with Gasteiger partial charge in [0.05, 0.1) is 0 Å².